The number of aromatic nitrogens is 2. The summed E-state index contributed by atoms with van der Waals surface area (Å²) in [5.74, 6) is -1.19. The van der Waals surface area contributed by atoms with E-state index in [2.05, 4.69) is 25.9 Å². The molecule has 2 aliphatic rings. The van der Waals surface area contributed by atoms with Crippen LogP contribution in [-0.2, 0) is 28.4 Å². The second kappa shape index (κ2) is 13.3. The van der Waals surface area contributed by atoms with Gasteiger partial charge in [-0.2, -0.15) is 26.3 Å². The molecule has 1 N–H and O–H groups in total. The molecular formula is C28H31BrF6N4O4. The SMILES string of the molecule is CC[C@@H]1C[C@H](N(Cc2cc(C(F)(F)F)cc(C(F)(F)F)c2)c2ncc(Br)cn2)CCN1C(=O)O[C@H]1CC[C@H](C(=O)O)CC1. The fourth-order valence-corrected chi connectivity index (χ4v) is 5.91. The van der Waals surface area contributed by atoms with E-state index in [1.165, 1.54) is 12.4 Å². The van der Waals surface area contributed by atoms with Gasteiger partial charge in [-0.05, 0) is 84.6 Å². The van der Waals surface area contributed by atoms with Gasteiger partial charge in [0.15, 0.2) is 0 Å². The molecule has 2 aromatic rings. The van der Waals surface area contributed by atoms with Crippen molar-refractivity contribution in [3.05, 3.63) is 51.8 Å². The van der Waals surface area contributed by atoms with Crippen LogP contribution in [0.1, 0.15) is 68.6 Å². The van der Waals surface area contributed by atoms with Gasteiger partial charge >= 0.3 is 24.4 Å². The number of alkyl halides is 6. The summed E-state index contributed by atoms with van der Waals surface area (Å²) < 4.78 is 87.5. The molecule has 1 aromatic carbocycles. The topological polar surface area (TPSA) is 95.9 Å². The summed E-state index contributed by atoms with van der Waals surface area (Å²) in [5, 5.41) is 9.20. The third-order valence-electron chi connectivity index (χ3n) is 7.99. The lowest BCUT2D eigenvalue weighted by Crippen LogP contribution is -2.52. The maximum absolute atomic E-state index is 13.5. The van der Waals surface area contributed by atoms with Crippen molar-refractivity contribution in [3.63, 3.8) is 0 Å². The molecule has 0 bridgehead atoms. The van der Waals surface area contributed by atoms with Crippen LogP contribution >= 0.6 is 15.9 Å². The number of nitrogens with zero attached hydrogens (tertiary/aromatic N) is 4. The molecule has 0 radical (unpaired) electrons. The normalized spacial score (nSPS) is 23.1. The highest BCUT2D eigenvalue weighted by molar-refractivity contribution is 9.10. The molecule has 8 nitrogen and oxygen atoms in total. The quantitative estimate of drug-likeness (QED) is 0.307. The Morgan fingerprint density at radius 2 is 1.58 bits per heavy atom. The zero-order valence-corrected chi connectivity index (χ0v) is 24.8. The van der Waals surface area contributed by atoms with E-state index in [1.807, 2.05) is 6.92 Å². The van der Waals surface area contributed by atoms with Crippen LogP contribution in [0.25, 0.3) is 0 Å². The fraction of sp³-hybridized carbons (Fsp3) is 0.571. The van der Waals surface area contributed by atoms with Crippen molar-refractivity contribution in [1.29, 1.82) is 0 Å². The average molecular weight is 681 g/mol. The van der Waals surface area contributed by atoms with Crippen molar-refractivity contribution >= 4 is 33.9 Å². The van der Waals surface area contributed by atoms with Gasteiger partial charge in [0.25, 0.3) is 0 Å². The summed E-state index contributed by atoms with van der Waals surface area (Å²) in [6.07, 6.45) is -5.08. The Morgan fingerprint density at radius 3 is 2.09 bits per heavy atom. The van der Waals surface area contributed by atoms with Crippen molar-refractivity contribution in [2.45, 2.75) is 89.0 Å². The predicted octanol–water partition coefficient (Wildman–Crippen LogP) is 7.31. The van der Waals surface area contributed by atoms with E-state index >= 15 is 0 Å². The average Bonchev–Trinajstić information content (AvgIpc) is 2.95. The largest absolute Gasteiger partial charge is 0.481 e. The minimum Gasteiger partial charge on any atom is -0.481 e. The highest BCUT2D eigenvalue weighted by Gasteiger charge is 2.39. The second-order valence-corrected chi connectivity index (χ2v) is 11.8. The molecule has 1 amide bonds. The van der Waals surface area contributed by atoms with Gasteiger partial charge in [-0.3, -0.25) is 4.79 Å². The van der Waals surface area contributed by atoms with Crippen LogP contribution in [0.4, 0.5) is 37.1 Å². The van der Waals surface area contributed by atoms with E-state index in [0.717, 1.165) is 0 Å². The molecule has 4 rings (SSSR count). The maximum Gasteiger partial charge on any atom is 0.416 e. The fourth-order valence-electron chi connectivity index (χ4n) is 5.70. The summed E-state index contributed by atoms with van der Waals surface area (Å²) in [6.45, 7) is 1.77. The van der Waals surface area contributed by atoms with Gasteiger partial charge in [0.05, 0.1) is 21.5 Å². The number of hydrogen-bond donors (Lipinski definition) is 1. The molecule has 236 valence electrons. The number of rotatable bonds is 7. The van der Waals surface area contributed by atoms with E-state index in [0.29, 0.717) is 61.6 Å². The Kier molecular flexibility index (Phi) is 10.1. The Labute approximate surface area is 252 Å². The predicted molar refractivity (Wildman–Crippen MR) is 146 cm³/mol. The first-order valence-electron chi connectivity index (χ1n) is 13.9. The number of benzene rings is 1. The van der Waals surface area contributed by atoms with Crippen LogP contribution in [0.2, 0.25) is 0 Å². The van der Waals surface area contributed by atoms with Crippen LogP contribution in [-0.4, -0.2) is 56.8 Å². The Morgan fingerprint density at radius 1 is 1.00 bits per heavy atom. The van der Waals surface area contributed by atoms with Crippen molar-refractivity contribution < 1.29 is 45.8 Å². The van der Waals surface area contributed by atoms with E-state index in [1.54, 1.807) is 9.80 Å². The van der Waals surface area contributed by atoms with Gasteiger partial charge in [0.1, 0.15) is 6.10 Å². The molecule has 1 aliphatic heterocycles. The highest BCUT2D eigenvalue weighted by atomic mass is 79.9. The van der Waals surface area contributed by atoms with Crippen LogP contribution in [0, 0.1) is 5.92 Å². The minimum atomic E-state index is -4.99. The number of hydrogen-bond acceptors (Lipinski definition) is 6. The standard InChI is InChI=1S/C28H31BrF6N4O4/c1-2-21-12-22(7-8-38(21)26(42)43-23-5-3-17(4-6-23)24(40)41)39(25-36-13-20(29)14-37-25)15-16-9-18(27(30,31)32)11-19(10-16)28(33,34)35/h9-11,13-14,17,21-23H,2-8,12,15H2,1H3,(H,40,41)/t17-,21-,22-,23-/m1/s1. The van der Waals surface area contributed by atoms with Gasteiger partial charge in [-0.25, -0.2) is 14.8 Å². The Bertz CT molecular complexity index is 1250. The smallest absolute Gasteiger partial charge is 0.416 e. The molecule has 15 heteroatoms. The van der Waals surface area contributed by atoms with Crippen molar-refractivity contribution in [2.24, 2.45) is 5.92 Å². The number of halogens is 7. The number of carbonyl (C=O) groups is 2. The van der Waals surface area contributed by atoms with E-state index in [-0.39, 0.29) is 36.7 Å². The van der Waals surface area contributed by atoms with Crippen LogP contribution < -0.4 is 4.90 Å². The minimum absolute atomic E-state index is 0.0926. The molecule has 1 aromatic heterocycles. The van der Waals surface area contributed by atoms with Gasteiger partial charge in [0.2, 0.25) is 5.95 Å². The van der Waals surface area contributed by atoms with E-state index in [4.69, 9.17) is 4.74 Å². The Hall–Kier alpha value is -3.10. The molecule has 0 unspecified atom stereocenters. The lowest BCUT2D eigenvalue weighted by atomic mass is 9.87. The number of aliphatic carboxylic acids is 1. The number of anilines is 1. The van der Waals surface area contributed by atoms with Gasteiger partial charge in [-0.1, -0.05) is 6.92 Å². The van der Waals surface area contributed by atoms with Crippen LogP contribution in [0.5, 0.6) is 0 Å². The third kappa shape index (κ3) is 8.30. The maximum atomic E-state index is 13.5. The van der Waals surface area contributed by atoms with Gasteiger partial charge < -0.3 is 19.6 Å². The molecule has 0 spiro atoms. The summed E-state index contributed by atoms with van der Waals surface area (Å²) in [7, 11) is 0. The van der Waals surface area contributed by atoms with Crippen LogP contribution in [0.15, 0.2) is 35.1 Å². The molecule has 43 heavy (non-hydrogen) atoms. The molecule has 2 atom stereocenters. The zero-order chi connectivity index (χ0) is 31.5. The highest BCUT2D eigenvalue weighted by Crippen LogP contribution is 2.38. The van der Waals surface area contributed by atoms with Gasteiger partial charge in [0, 0.05) is 37.6 Å². The molecule has 2 fully saturated rings. The molecule has 1 saturated carbocycles. The number of amides is 1. The lowest BCUT2D eigenvalue weighted by Gasteiger charge is -2.43. The molecule has 1 saturated heterocycles. The first-order chi connectivity index (χ1) is 20.2. The molecular weight excluding hydrogens is 650 g/mol. The van der Waals surface area contributed by atoms with Crippen molar-refractivity contribution in [1.82, 2.24) is 14.9 Å². The third-order valence-corrected chi connectivity index (χ3v) is 8.40. The number of ether oxygens (including phenoxy) is 1. The summed E-state index contributed by atoms with van der Waals surface area (Å²) in [6, 6.07) is 0.750. The summed E-state index contributed by atoms with van der Waals surface area (Å²) in [5.41, 5.74) is -3.02. The molecule has 1 aliphatic carbocycles. The first-order valence-corrected chi connectivity index (χ1v) is 14.7. The Balaban J connectivity index is 1.55. The zero-order valence-electron chi connectivity index (χ0n) is 23.2. The van der Waals surface area contributed by atoms with Crippen molar-refractivity contribution in [3.8, 4) is 0 Å². The monoisotopic (exact) mass is 680 g/mol. The second-order valence-electron chi connectivity index (χ2n) is 10.9. The van der Waals surface area contributed by atoms with E-state index in [9.17, 15) is 41.0 Å². The first kappa shape index (κ1) is 32.8. The molecule has 2 heterocycles. The summed E-state index contributed by atoms with van der Waals surface area (Å²) >= 11 is 3.23. The number of carboxylic acids is 1. The lowest BCUT2D eigenvalue weighted by molar-refractivity contribution is -0.144. The van der Waals surface area contributed by atoms with Crippen molar-refractivity contribution in [2.75, 3.05) is 11.4 Å². The number of carboxylic acid groups (broad SMARTS) is 1. The number of piperidine rings is 1. The van der Waals surface area contributed by atoms with Crippen LogP contribution in [0.3, 0.4) is 0 Å². The summed E-state index contributed by atoms with van der Waals surface area (Å²) in [4.78, 5) is 36.1. The number of carbonyl (C=O) groups excluding carboxylic acids is 1. The number of likely N-dealkylation sites (tertiary alicyclic amines) is 1. The van der Waals surface area contributed by atoms with Gasteiger partial charge in [-0.15, -0.1) is 0 Å². The van der Waals surface area contributed by atoms with E-state index < -0.39 is 53.6 Å².